The van der Waals surface area contributed by atoms with Gasteiger partial charge in [-0.2, -0.15) is 9.97 Å². The minimum Gasteiger partial charge on any atom is -0.438 e. The summed E-state index contributed by atoms with van der Waals surface area (Å²) < 4.78 is 6.08. The van der Waals surface area contributed by atoms with Crippen LogP contribution in [0.2, 0.25) is 0 Å². The number of fused-ring (bicyclic) bond motifs is 1. The molecule has 0 aliphatic carbocycles. The molecule has 1 aliphatic rings. The fraction of sp³-hybridized carbons (Fsp3) is 0.185. The fourth-order valence-electron chi connectivity index (χ4n) is 4.33. The van der Waals surface area contributed by atoms with Gasteiger partial charge in [0, 0.05) is 42.8 Å². The lowest BCUT2D eigenvalue weighted by atomic mass is 10.1. The molecule has 2 amide bonds. The number of aromatic amines is 1. The van der Waals surface area contributed by atoms with E-state index in [0.717, 1.165) is 30.9 Å². The van der Waals surface area contributed by atoms with Crippen molar-refractivity contribution in [2.24, 2.45) is 0 Å². The number of nitrogens with zero attached hydrogens (tertiary/aromatic N) is 3. The molecule has 2 aromatic heterocycles. The van der Waals surface area contributed by atoms with Gasteiger partial charge in [0.05, 0.1) is 11.4 Å². The molecule has 0 spiro atoms. The lowest BCUT2D eigenvalue weighted by molar-refractivity contribution is -0.117. The first-order chi connectivity index (χ1) is 18.0. The van der Waals surface area contributed by atoms with E-state index < -0.39 is 0 Å². The van der Waals surface area contributed by atoms with E-state index >= 15 is 0 Å². The van der Waals surface area contributed by atoms with Crippen LogP contribution in [0.15, 0.2) is 73.4 Å². The van der Waals surface area contributed by atoms with Crippen molar-refractivity contribution in [2.75, 3.05) is 28.6 Å². The Kier molecular flexibility index (Phi) is 6.82. The smallest absolute Gasteiger partial charge is 0.247 e. The predicted octanol–water partition coefficient (Wildman–Crippen LogP) is 4.33. The number of nitrogens with one attached hydrogen (secondary N) is 4. The first-order valence-corrected chi connectivity index (χ1v) is 11.9. The van der Waals surface area contributed by atoms with E-state index in [1.807, 2.05) is 35.2 Å². The average molecular weight is 498 g/mol. The molecule has 37 heavy (non-hydrogen) atoms. The van der Waals surface area contributed by atoms with Gasteiger partial charge in [0.15, 0.2) is 0 Å². The third kappa shape index (κ3) is 5.44. The summed E-state index contributed by atoms with van der Waals surface area (Å²) in [4.78, 5) is 38.0. The maximum absolute atomic E-state index is 12.3. The van der Waals surface area contributed by atoms with E-state index in [9.17, 15) is 9.59 Å². The Hall–Kier alpha value is -4.70. The Labute approximate surface area is 213 Å². The maximum Gasteiger partial charge on any atom is 0.247 e. The van der Waals surface area contributed by atoms with Crippen molar-refractivity contribution in [2.45, 2.75) is 19.4 Å². The zero-order valence-corrected chi connectivity index (χ0v) is 20.3. The molecule has 4 N–H and O–H groups in total. The van der Waals surface area contributed by atoms with Gasteiger partial charge in [-0.3, -0.25) is 9.59 Å². The first kappa shape index (κ1) is 24.0. The molecule has 1 aliphatic heterocycles. The third-order valence-electron chi connectivity index (χ3n) is 6.02. The highest BCUT2D eigenvalue weighted by Gasteiger charge is 2.25. The number of ether oxygens (including phenoxy) is 1. The molecule has 0 radical (unpaired) electrons. The van der Waals surface area contributed by atoms with Crippen LogP contribution in [0.3, 0.4) is 0 Å². The topological polar surface area (TPSA) is 124 Å². The summed E-state index contributed by atoms with van der Waals surface area (Å²) >= 11 is 0. The molecule has 1 fully saturated rings. The van der Waals surface area contributed by atoms with E-state index in [0.29, 0.717) is 34.3 Å². The van der Waals surface area contributed by atoms with Gasteiger partial charge in [0.25, 0.3) is 0 Å². The molecular formula is C27H27N7O3. The van der Waals surface area contributed by atoms with Crippen LogP contribution in [0, 0.1) is 0 Å². The normalized spacial score (nSPS) is 14.8. The van der Waals surface area contributed by atoms with Crippen molar-refractivity contribution in [3.63, 3.8) is 0 Å². The zero-order valence-electron chi connectivity index (χ0n) is 20.3. The predicted molar refractivity (Wildman–Crippen MR) is 143 cm³/mol. The Morgan fingerprint density at radius 1 is 1.14 bits per heavy atom. The summed E-state index contributed by atoms with van der Waals surface area (Å²) in [7, 11) is 0. The molecular weight excluding hydrogens is 470 g/mol. The van der Waals surface area contributed by atoms with Crippen molar-refractivity contribution in [3.05, 3.63) is 73.4 Å². The molecule has 3 heterocycles. The third-order valence-corrected chi connectivity index (χ3v) is 6.02. The largest absolute Gasteiger partial charge is 0.438 e. The summed E-state index contributed by atoms with van der Waals surface area (Å²) in [5, 5.41) is 9.95. The number of H-pyrrole nitrogens is 1. The molecule has 4 aromatic rings. The highest BCUT2D eigenvalue weighted by molar-refractivity contribution is 5.99. The van der Waals surface area contributed by atoms with E-state index in [-0.39, 0.29) is 17.9 Å². The number of hydrogen-bond donors (Lipinski definition) is 4. The van der Waals surface area contributed by atoms with Crippen LogP contribution in [0.4, 0.5) is 23.0 Å². The summed E-state index contributed by atoms with van der Waals surface area (Å²) in [6, 6.07) is 16.6. The van der Waals surface area contributed by atoms with E-state index in [2.05, 4.69) is 37.5 Å². The van der Waals surface area contributed by atoms with Gasteiger partial charge in [-0.1, -0.05) is 12.6 Å². The summed E-state index contributed by atoms with van der Waals surface area (Å²) in [5.41, 5.74) is 2.80. The second-order valence-electron chi connectivity index (χ2n) is 8.62. The zero-order chi connectivity index (χ0) is 25.8. The van der Waals surface area contributed by atoms with Gasteiger partial charge in [0.2, 0.25) is 23.6 Å². The summed E-state index contributed by atoms with van der Waals surface area (Å²) in [6.07, 6.45) is 3.89. The SMILES string of the molecule is C=CC(=O)Nc1cccc(Oc2nc(Nc3ccc(N(C(C)=O)C4CCNC4)cc3)nc3[nH]ccc23)c1. The van der Waals surface area contributed by atoms with Crippen molar-refractivity contribution in [1.29, 1.82) is 0 Å². The molecule has 10 nitrogen and oxygen atoms in total. The van der Waals surface area contributed by atoms with Crippen LogP contribution >= 0.6 is 0 Å². The number of hydrogen-bond acceptors (Lipinski definition) is 7. The van der Waals surface area contributed by atoms with Crippen LogP contribution in [0.25, 0.3) is 11.0 Å². The van der Waals surface area contributed by atoms with Crippen LogP contribution in [-0.2, 0) is 9.59 Å². The second-order valence-corrected chi connectivity index (χ2v) is 8.62. The molecule has 188 valence electrons. The molecule has 1 unspecified atom stereocenters. The van der Waals surface area contributed by atoms with Crippen molar-refractivity contribution >= 4 is 45.9 Å². The Morgan fingerprint density at radius 2 is 1.97 bits per heavy atom. The van der Waals surface area contributed by atoms with Crippen LogP contribution in [0.1, 0.15) is 13.3 Å². The minimum absolute atomic E-state index is 0.0184. The lowest BCUT2D eigenvalue weighted by Gasteiger charge is -2.27. The van der Waals surface area contributed by atoms with E-state index in [1.54, 1.807) is 37.4 Å². The van der Waals surface area contributed by atoms with Gasteiger partial charge in [-0.05, 0) is 61.5 Å². The lowest BCUT2D eigenvalue weighted by Crippen LogP contribution is -2.40. The second kappa shape index (κ2) is 10.5. The highest BCUT2D eigenvalue weighted by Crippen LogP contribution is 2.31. The number of carbonyl (C=O) groups is 2. The summed E-state index contributed by atoms with van der Waals surface area (Å²) in [6.45, 7) is 6.75. The van der Waals surface area contributed by atoms with E-state index in [1.165, 1.54) is 6.08 Å². The number of carbonyl (C=O) groups excluding carboxylic acids is 2. The summed E-state index contributed by atoms with van der Waals surface area (Å²) in [5.74, 6) is 0.913. The standard InChI is InChI=1S/C27H27N7O3/c1-3-24(36)30-19-5-4-6-22(15-19)37-26-23-12-14-29-25(23)32-27(33-26)31-18-7-9-20(10-8-18)34(17(2)35)21-11-13-28-16-21/h3-10,12,14-15,21,28H,1,11,13,16H2,2H3,(H,30,36)(H2,29,31,32,33). The molecule has 10 heteroatoms. The van der Waals surface area contributed by atoms with E-state index in [4.69, 9.17) is 4.74 Å². The Balaban J connectivity index is 1.37. The quantitative estimate of drug-likeness (QED) is 0.267. The van der Waals surface area contributed by atoms with Crippen LogP contribution in [0.5, 0.6) is 11.6 Å². The fourth-order valence-corrected chi connectivity index (χ4v) is 4.33. The molecule has 1 atom stereocenters. The molecule has 1 saturated heterocycles. The Bertz CT molecular complexity index is 1440. The number of anilines is 4. The number of amides is 2. The van der Waals surface area contributed by atoms with Gasteiger partial charge in [-0.25, -0.2) is 0 Å². The van der Waals surface area contributed by atoms with Crippen molar-refractivity contribution in [1.82, 2.24) is 20.3 Å². The van der Waals surface area contributed by atoms with Crippen molar-refractivity contribution < 1.29 is 14.3 Å². The molecule has 5 rings (SSSR count). The number of aromatic nitrogens is 3. The Morgan fingerprint density at radius 3 is 2.70 bits per heavy atom. The van der Waals surface area contributed by atoms with Crippen LogP contribution in [-0.4, -0.2) is 45.9 Å². The minimum atomic E-state index is -0.309. The molecule has 2 aromatic carbocycles. The molecule has 0 bridgehead atoms. The number of rotatable bonds is 8. The van der Waals surface area contributed by atoms with Crippen LogP contribution < -0.4 is 25.6 Å². The maximum atomic E-state index is 12.3. The van der Waals surface area contributed by atoms with Gasteiger partial charge >= 0.3 is 0 Å². The van der Waals surface area contributed by atoms with Gasteiger partial charge in [-0.15, -0.1) is 0 Å². The number of benzene rings is 2. The van der Waals surface area contributed by atoms with Gasteiger partial charge in [0.1, 0.15) is 11.4 Å². The van der Waals surface area contributed by atoms with Crippen molar-refractivity contribution in [3.8, 4) is 11.6 Å². The monoisotopic (exact) mass is 497 g/mol. The highest BCUT2D eigenvalue weighted by atomic mass is 16.5. The van der Waals surface area contributed by atoms with Gasteiger partial charge < -0.3 is 30.6 Å². The average Bonchev–Trinajstić information content (AvgIpc) is 3.58. The molecule has 0 saturated carbocycles. The first-order valence-electron chi connectivity index (χ1n) is 11.9.